The number of nitrogens with two attached hydrogens (primary N) is 1. The summed E-state index contributed by atoms with van der Waals surface area (Å²) in [6.45, 7) is 5.12. The summed E-state index contributed by atoms with van der Waals surface area (Å²) in [4.78, 5) is 16.2. The highest BCUT2D eigenvalue weighted by molar-refractivity contribution is 7.80. The Hall–Kier alpha value is -1.43. The van der Waals surface area contributed by atoms with Crippen molar-refractivity contribution >= 4 is 23.1 Å². The number of imidazole rings is 1. The quantitative estimate of drug-likeness (QED) is 0.573. The van der Waals surface area contributed by atoms with Crippen molar-refractivity contribution in [3.63, 3.8) is 0 Å². The summed E-state index contributed by atoms with van der Waals surface area (Å²) in [5, 5.41) is 2.88. The summed E-state index contributed by atoms with van der Waals surface area (Å²) >= 11 is 4.95. The largest absolute Gasteiger partial charge is 0.392 e. The van der Waals surface area contributed by atoms with Crippen LogP contribution in [0.1, 0.15) is 26.7 Å². The Morgan fingerprint density at radius 3 is 2.83 bits per heavy atom. The molecule has 0 radical (unpaired) electrons. The van der Waals surface area contributed by atoms with Gasteiger partial charge in [-0.2, -0.15) is 0 Å². The van der Waals surface area contributed by atoms with Gasteiger partial charge in [0.2, 0.25) is 5.91 Å². The highest BCUT2D eigenvalue weighted by Gasteiger charge is 2.34. The van der Waals surface area contributed by atoms with E-state index in [1.807, 2.05) is 17.7 Å². The van der Waals surface area contributed by atoms with Crippen LogP contribution >= 0.6 is 12.2 Å². The van der Waals surface area contributed by atoms with Crippen LogP contribution in [0.2, 0.25) is 0 Å². The monoisotopic (exact) mass is 268 g/mol. The molecular weight excluding hydrogens is 248 g/mol. The van der Waals surface area contributed by atoms with Crippen LogP contribution in [-0.2, 0) is 11.3 Å². The van der Waals surface area contributed by atoms with Gasteiger partial charge < -0.3 is 15.6 Å². The summed E-state index contributed by atoms with van der Waals surface area (Å²) in [5.41, 5.74) is 4.88. The molecule has 1 amide bonds. The van der Waals surface area contributed by atoms with Gasteiger partial charge in [-0.3, -0.25) is 4.79 Å². The number of hydrogen-bond donors (Lipinski definition) is 2. The maximum atomic E-state index is 12.0. The van der Waals surface area contributed by atoms with E-state index in [1.54, 1.807) is 19.4 Å². The highest BCUT2D eigenvalue weighted by atomic mass is 32.1. The number of aryl methyl sites for hydroxylation is 1. The summed E-state index contributed by atoms with van der Waals surface area (Å²) in [7, 11) is 0. The van der Waals surface area contributed by atoms with E-state index in [9.17, 15) is 4.79 Å². The van der Waals surface area contributed by atoms with E-state index in [0.29, 0.717) is 13.0 Å². The normalized spacial score (nSPS) is 13.9. The van der Waals surface area contributed by atoms with Gasteiger partial charge in [-0.25, -0.2) is 4.98 Å². The highest BCUT2D eigenvalue weighted by Crippen LogP contribution is 2.21. The number of nitrogens with one attached hydrogen (secondary N) is 1. The fraction of sp³-hybridized carbons (Fsp3) is 0.583. The van der Waals surface area contributed by atoms with E-state index in [1.165, 1.54) is 0 Å². The average molecular weight is 268 g/mol. The predicted molar refractivity (Wildman–Crippen MR) is 75.0 cm³/mol. The molecule has 0 fully saturated rings. The molecule has 1 aromatic rings. The van der Waals surface area contributed by atoms with Crippen molar-refractivity contribution in [1.82, 2.24) is 14.9 Å². The topological polar surface area (TPSA) is 72.9 Å². The van der Waals surface area contributed by atoms with Gasteiger partial charge in [0.1, 0.15) is 0 Å². The molecular formula is C12H20N4OS. The molecule has 1 atom stereocenters. The van der Waals surface area contributed by atoms with E-state index in [0.717, 1.165) is 13.0 Å². The summed E-state index contributed by atoms with van der Waals surface area (Å²) in [6, 6.07) is 0. The maximum Gasteiger partial charge on any atom is 0.232 e. The van der Waals surface area contributed by atoms with Crippen LogP contribution in [-0.4, -0.2) is 27.0 Å². The van der Waals surface area contributed by atoms with Crippen molar-refractivity contribution in [2.75, 3.05) is 6.54 Å². The minimum Gasteiger partial charge on any atom is -0.392 e. The molecule has 0 saturated heterocycles. The first-order chi connectivity index (χ1) is 8.50. The zero-order valence-corrected chi connectivity index (χ0v) is 11.7. The first-order valence-electron chi connectivity index (χ1n) is 6.04. The van der Waals surface area contributed by atoms with Crippen molar-refractivity contribution in [3.8, 4) is 0 Å². The molecule has 100 valence electrons. The Kier molecular flexibility index (Phi) is 5.27. The minimum atomic E-state index is -0.746. The van der Waals surface area contributed by atoms with Crippen LogP contribution in [0, 0.1) is 5.41 Å². The zero-order chi connectivity index (χ0) is 13.6. The van der Waals surface area contributed by atoms with Gasteiger partial charge in [0, 0.05) is 25.5 Å². The lowest BCUT2D eigenvalue weighted by atomic mass is 9.86. The number of carbonyl (C=O) groups is 1. The Labute approximate surface area is 113 Å². The third-order valence-corrected chi connectivity index (χ3v) is 3.64. The lowest BCUT2D eigenvalue weighted by Crippen LogP contribution is -2.46. The fourth-order valence-corrected chi connectivity index (χ4v) is 1.76. The fourth-order valence-electron chi connectivity index (χ4n) is 1.52. The molecule has 18 heavy (non-hydrogen) atoms. The van der Waals surface area contributed by atoms with Gasteiger partial charge in [0.15, 0.2) is 0 Å². The van der Waals surface area contributed by atoms with Crippen LogP contribution in [0.5, 0.6) is 0 Å². The van der Waals surface area contributed by atoms with Gasteiger partial charge in [-0.05, 0) is 19.8 Å². The molecule has 1 unspecified atom stereocenters. The van der Waals surface area contributed by atoms with E-state index >= 15 is 0 Å². The number of carbonyl (C=O) groups excluding carboxylic acids is 1. The van der Waals surface area contributed by atoms with Gasteiger partial charge in [0.25, 0.3) is 0 Å². The molecule has 0 spiro atoms. The van der Waals surface area contributed by atoms with E-state index in [-0.39, 0.29) is 10.9 Å². The van der Waals surface area contributed by atoms with E-state index in [2.05, 4.69) is 10.3 Å². The second kappa shape index (κ2) is 6.49. The number of amides is 1. The summed E-state index contributed by atoms with van der Waals surface area (Å²) in [6.07, 6.45) is 6.84. The zero-order valence-electron chi connectivity index (χ0n) is 10.8. The van der Waals surface area contributed by atoms with Crippen LogP contribution in [0.25, 0.3) is 0 Å². The second-order valence-corrected chi connectivity index (χ2v) is 4.90. The molecule has 6 heteroatoms. The smallest absolute Gasteiger partial charge is 0.232 e. The first kappa shape index (κ1) is 14.6. The number of nitrogens with zero attached hydrogens (tertiary/aromatic N) is 2. The predicted octanol–water partition coefficient (Wildman–Crippen LogP) is 1.09. The summed E-state index contributed by atoms with van der Waals surface area (Å²) < 4.78 is 1.97. The summed E-state index contributed by atoms with van der Waals surface area (Å²) in [5.74, 6) is -0.0943. The Bertz CT molecular complexity index is 404. The average Bonchev–Trinajstić information content (AvgIpc) is 2.86. The number of thiocarbonyl (C=S) groups is 1. The third kappa shape index (κ3) is 3.53. The number of aromatic nitrogens is 2. The SMILES string of the molecule is CCC(C)(C(=O)NCCCn1ccnc1)C(N)=S. The molecule has 1 heterocycles. The molecule has 1 aromatic heterocycles. The molecule has 0 aliphatic rings. The van der Waals surface area contributed by atoms with Crippen LogP contribution in [0.4, 0.5) is 0 Å². The van der Waals surface area contributed by atoms with Crippen LogP contribution in [0.3, 0.4) is 0 Å². The third-order valence-electron chi connectivity index (χ3n) is 3.19. The van der Waals surface area contributed by atoms with Crippen molar-refractivity contribution in [3.05, 3.63) is 18.7 Å². The minimum absolute atomic E-state index is 0.0943. The van der Waals surface area contributed by atoms with Gasteiger partial charge in [-0.15, -0.1) is 0 Å². The van der Waals surface area contributed by atoms with Crippen molar-refractivity contribution < 1.29 is 4.79 Å². The van der Waals surface area contributed by atoms with E-state index in [4.69, 9.17) is 18.0 Å². The molecule has 0 aliphatic heterocycles. The number of rotatable bonds is 7. The van der Waals surface area contributed by atoms with Gasteiger partial charge >= 0.3 is 0 Å². The van der Waals surface area contributed by atoms with Crippen molar-refractivity contribution in [1.29, 1.82) is 0 Å². The molecule has 0 aromatic carbocycles. The maximum absolute atomic E-state index is 12.0. The molecule has 0 saturated carbocycles. The van der Waals surface area contributed by atoms with Crippen molar-refractivity contribution in [2.45, 2.75) is 33.2 Å². The lowest BCUT2D eigenvalue weighted by Gasteiger charge is -2.25. The second-order valence-electron chi connectivity index (χ2n) is 4.46. The standard InChI is InChI=1S/C12H20N4OS/c1-3-12(2,10(13)18)11(17)15-5-4-7-16-8-6-14-9-16/h6,8-9H,3-5,7H2,1-2H3,(H2,13,18)(H,15,17). The Balaban J connectivity index is 2.34. The van der Waals surface area contributed by atoms with Crippen molar-refractivity contribution in [2.24, 2.45) is 11.1 Å². The molecule has 5 nitrogen and oxygen atoms in total. The van der Waals surface area contributed by atoms with E-state index < -0.39 is 5.41 Å². The number of hydrogen-bond acceptors (Lipinski definition) is 3. The molecule has 0 bridgehead atoms. The molecule has 0 aliphatic carbocycles. The molecule has 1 rings (SSSR count). The molecule has 3 N–H and O–H groups in total. The lowest BCUT2D eigenvalue weighted by molar-refractivity contribution is -0.126. The van der Waals surface area contributed by atoms with Crippen LogP contribution in [0.15, 0.2) is 18.7 Å². The first-order valence-corrected chi connectivity index (χ1v) is 6.45. The van der Waals surface area contributed by atoms with Crippen LogP contribution < -0.4 is 11.1 Å². The van der Waals surface area contributed by atoms with Gasteiger partial charge in [-0.1, -0.05) is 19.1 Å². The van der Waals surface area contributed by atoms with Gasteiger partial charge in [0.05, 0.1) is 16.7 Å². The Morgan fingerprint density at radius 2 is 2.33 bits per heavy atom. The Morgan fingerprint density at radius 1 is 1.61 bits per heavy atom.